The van der Waals surface area contributed by atoms with E-state index in [1.165, 1.54) is 6.92 Å². The second kappa shape index (κ2) is 14.8. The van der Waals surface area contributed by atoms with Gasteiger partial charge in [0.2, 0.25) is 0 Å². The van der Waals surface area contributed by atoms with Crippen LogP contribution in [0.4, 0.5) is 0 Å². The summed E-state index contributed by atoms with van der Waals surface area (Å²) >= 11 is 0. The van der Waals surface area contributed by atoms with Crippen molar-refractivity contribution in [1.82, 2.24) is 0 Å². The molecule has 7 rings (SSSR count). The van der Waals surface area contributed by atoms with E-state index in [2.05, 4.69) is 48.5 Å². The zero-order chi connectivity index (χ0) is 42.9. The van der Waals surface area contributed by atoms with E-state index >= 15 is 0 Å². The molecule has 0 spiro atoms. The third-order valence-electron chi connectivity index (χ3n) is 19.2. The number of ether oxygens (including phenoxy) is 5. The molecule has 0 aromatic carbocycles. The van der Waals surface area contributed by atoms with E-state index < -0.39 is 97.0 Å². The number of fused-ring (bicyclic) bond motifs is 7. The van der Waals surface area contributed by atoms with Gasteiger partial charge in [-0.2, -0.15) is 0 Å². The van der Waals surface area contributed by atoms with Crippen LogP contribution in [0.3, 0.4) is 0 Å². The van der Waals surface area contributed by atoms with Gasteiger partial charge in [0.25, 0.3) is 0 Å². The molecule has 8 N–H and O–H groups in total. The molecule has 0 amide bonds. The van der Waals surface area contributed by atoms with Gasteiger partial charge < -0.3 is 64.5 Å². The molecule has 5 saturated carbocycles. The summed E-state index contributed by atoms with van der Waals surface area (Å²) in [6.45, 7) is 20.8. The third kappa shape index (κ3) is 6.18. The summed E-state index contributed by atoms with van der Waals surface area (Å²) in [5.74, 6) is -0.507. The van der Waals surface area contributed by atoms with Crippen LogP contribution in [-0.2, 0) is 28.5 Å². The molecular formula is C44H74O14. The first-order valence-electron chi connectivity index (χ1n) is 21.9. The van der Waals surface area contributed by atoms with Crippen LogP contribution in [0.2, 0.25) is 0 Å². The molecule has 2 saturated heterocycles. The van der Waals surface area contributed by atoms with Gasteiger partial charge in [-0.1, -0.05) is 62.3 Å². The smallest absolute Gasteiger partial charge is 0.303 e. The topological polar surface area (TPSA) is 225 Å². The van der Waals surface area contributed by atoms with Crippen LogP contribution in [0.5, 0.6) is 0 Å². The predicted octanol–water partition coefficient (Wildman–Crippen LogP) is 2.41. The molecule has 0 radical (unpaired) electrons. The Morgan fingerprint density at radius 2 is 1.28 bits per heavy atom. The van der Waals surface area contributed by atoms with Gasteiger partial charge in [0.05, 0.1) is 37.6 Å². The average Bonchev–Trinajstić information content (AvgIpc) is 3.14. The minimum atomic E-state index is -1.64. The fourth-order valence-electron chi connectivity index (χ4n) is 15.5. The number of carbonyl (C=O) groups excluding carboxylic acids is 1. The Morgan fingerprint density at radius 1 is 0.655 bits per heavy atom. The number of esters is 1. The van der Waals surface area contributed by atoms with Crippen LogP contribution >= 0.6 is 0 Å². The molecule has 0 unspecified atom stereocenters. The maximum absolute atomic E-state index is 12.3. The summed E-state index contributed by atoms with van der Waals surface area (Å²) < 4.78 is 30.6. The Labute approximate surface area is 343 Å². The zero-order valence-electron chi connectivity index (χ0n) is 36.3. The van der Waals surface area contributed by atoms with Crippen molar-refractivity contribution in [2.45, 2.75) is 200 Å². The summed E-state index contributed by atoms with van der Waals surface area (Å²) in [6, 6.07) is 0. The lowest BCUT2D eigenvalue weighted by atomic mass is 9.27. The second-order valence-electron chi connectivity index (χ2n) is 22.1. The van der Waals surface area contributed by atoms with Crippen molar-refractivity contribution in [2.75, 3.05) is 13.2 Å². The van der Waals surface area contributed by atoms with Gasteiger partial charge in [-0.05, 0) is 107 Å². The van der Waals surface area contributed by atoms with Crippen LogP contribution in [-0.4, -0.2) is 140 Å². The quantitative estimate of drug-likeness (QED) is 0.142. The summed E-state index contributed by atoms with van der Waals surface area (Å²) in [5, 5.41) is 88.4. The molecule has 2 heterocycles. The fourth-order valence-corrected chi connectivity index (χ4v) is 15.5. The van der Waals surface area contributed by atoms with Gasteiger partial charge in [0.1, 0.15) is 36.6 Å². The highest BCUT2D eigenvalue weighted by molar-refractivity contribution is 5.66. The van der Waals surface area contributed by atoms with Crippen molar-refractivity contribution >= 4 is 5.97 Å². The zero-order valence-corrected chi connectivity index (χ0v) is 36.3. The van der Waals surface area contributed by atoms with Crippen molar-refractivity contribution in [3.8, 4) is 0 Å². The van der Waals surface area contributed by atoms with E-state index in [4.69, 9.17) is 23.7 Å². The van der Waals surface area contributed by atoms with Gasteiger partial charge >= 0.3 is 5.97 Å². The number of aliphatic hydroxyl groups is 8. The number of aliphatic hydroxyl groups excluding tert-OH is 8. The molecule has 21 atom stereocenters. The molecule has 14 heteroatoms. The minimum Gasteiger partial charge on any atom is -0.457 e. The Kier molecular flexibility index (Phi) is 11.5. The monoisotopic (exact) mass is 827 g/mol. The van der Waals surface area contributed by atoms with Crippen LogP contribution in [0, 0.1) is 55.7 Å². The fraction of sp³-hybridized carbons (Fsp3) is 0.977. The van der Waals surface area contributed by atoms with E-state index in [0.717, 1.165) is 38.5 Å². The number of hydrogen-bond acceptors (Lipinski definition) is 14. The predicted molar refractivity (Wildman–Crippen MR) is 208 cm³/mol. The van der Waals surface area contributed by atoms with Crippen LogP contribution in [0.15, 0.2) is 0 Å². The molecule has 5 aliphatic carbocycles. The second-order valence-corrected chi connectivity index (χ2v) is 22.1. The van der Waals surface area contributed by atoms with E-state index in [9.17, 15) is 45.6 Å². The third-order valence-corrected chi connectivity index (χ3v) is 19.2. The molecule has 2 aliphatic heterocycles. The first-order chi connectivity index (χ1) is 26.8. The molecule has 0 aromatic heterocycles. The summed E-state index contributed by atoms with van der Waals surface area (Å²) in [6.07, 6.45) is -9.34. The van der Waals surface area contributed by atoms with Crippen LogP contribution in [0.1, 0.15) is 121 Å². The van der Waals surface area contributed by atoms with E-state index in [1.807, 2.05) is 13.8 Å². The van der Waals surface area contributed by atoms with Crippen molar-refractivity contribution in [2.24, 2.45) is 55.7 Å². The first-order valence-corrected chi connectivity index (χ1v) is 21.9. The standard InChI is InChI=1S/C44H74O14/c1-21(46)55-25-20-54-36(32(51)30(25)49)56-22-18-43(9)26(11-12-27-41(43,7)15-16-44(10)39(4,5)28(47)13-14-42(27,44)8)40(6)17-23(35(53)38(2,3)34(22)40)57-37-33(52)31(50)29(48)24(19-45)58-37/h22-37,45,47-53H,11-20H2,1-10H3/t22-,23-,24-,25+,26-,27+,28+,29-,30+,31+,32-,33-,34+,35+,36+,37-,40-,41-,42-,43-,44+/m1/s1. The number of carbonyl (C=O) groups is 1. The lowest BCUT2D eigenvalue weighted by molar-refractivity contribution is -0.362. The number of hydrogen-bond donors (Lipinski definition) is 8. The Hall–Kier alpha value is -1.01. The highest BCUT2D eigenvalue weighted by atomic mass is 16.7. The maximum Gasteiger partial charge on any atom is 0.303 e. The van der Waals surface area contributed by atoms with Crippen molar-refractivity contribution in [3.63, 3.8) is 0 Å². The molecule has 334 valence electrons. The van der Waals surface area contributed by atoms with Gasteiger partial charge in [0.15, 0.2) is 18.7 Å². The molecule has 14 nitrogen and oxygen atoms in total. The molecule has 0 bridgehead atoms. The maximum atomic E-state index is 12.3. The molecular weight excluding hydrogens is 752 g/mol. The van der Waals surface area contributed by atoms with E-state index in [-0.39, 0.29) is 51.6 Å². The van der Waals surface area contributed by atoms with Gasteiger partial charge in [-0.25, -0.2) is 0 Å². The van der Waals surface area contributed by atoms with E-state index in [1.54, 1.807) is 0 Å². The lowest BCUT2D eigenvalue weighted by Crippen LogP contribution is -2.74. The molecule has 0 aromatic rings. The van der Waals surface area contributed by atoms with Gasteiger partial charge in [0, 0.05) is 6.92 Å². The normalized spacial score (nSPS) is 56.2. The van der Waals surface area contributed by atoms with Crippen LogP contribution in [0.25, 0.3) is 0 Å². The molecule has 7 fully saturated rings. The average molecular weight is 827 g/mol. The van der Waals surface area contributed by atoms with Crippen molar-refractivity contribution in [1.29, 1.82) is 0 Å². The largest absolute Gasteiger partial charge is 0.457 e. The van der Waals surface area contributed by atoms with Gasteiger partial charge in [-0.3, -0.25) is 4.79 Å². The van der Waals surface area contributed by atoms with Crippen molar-refractivity contribution < 1.29 is 69.3 Å². The van der Waals surface area contributed by atoms with Gasteiger partial charge in [-0.15, -0.1) is 0 Å². The first kappa shape index (κ1) is 45.0. The highest BCUT2D eigenvalue weighted by Crippen LogP contribution is 2.80. The molecule has 7 aliphatic rings. The Balaban J connectivity index is 1.29. The summed E-state index contributed by atoms with van der Waals surface area (Å²) in [5.41, 5.74) is -2.52. The van der Waals surface area contributed by atoms with Crippen molar-refractivity contribution in [3.05, 3.63) is 0 Å². The minimum absolute atomic E-state index is 0.0693. The Morgan fingerprint density at radius 3 is 1.91 bits per heavy atom. The summed E-state index contributed by atoms with van der Waals surface area (Å²) in [4.78, 5) is 11.8. The highest BCUT2D eigenvalue weighted by Gasteiger charge is 2.76. The Bertz CT molecular complexity index is 1540. The van der Waals surface area contributed by atoms with Crippen LogP contribution < -0.4 is 0 Å². The van der Waals surface area contributed by atoms with E-state index in [0.29, 0.717) is 18.8 Å². The SMILES string of the molecule is CC(=O)O[C@H]1CO[C@@H](O[C@@H]2C[C@]3(C)[C@H](CC[C@@H]4[C@@]5(C)CC[C@H](O)C(C)(C)[C@]5(C)CC[C@]43C)[C@@]3(C)C[C@@H](O[C@@H]4O[C@H](CO)[C@@H](O)[C@H](O)[C@H]4O)[C@H](O)C(C)(C)[C@H]23)[C@H](O)[C@H]1O. The summed E-state index contributed by atoms with van der Waals surface area (Å²) in [7, 11) is 0. The lowest BCUT2D eigenvalue weighted by Gasteiger charge is -2.78. The number of rotatable bonds is 6. The molecule has 58 heavy (non-hydrogen) atoms.